The van der Waals surface area contributed by atoms with Crippen molar-refractivity contribution in [1.29, 1.82) is 0 Å². The number of nitrogens with zero attached hydrogens (tertiary/aromatic N) is 1. The zero-order valence-corrected chi connectivity index (χ0v) is 42.3. The first-order valence-electron chi connectivity index (χ1n) is 23.0. The molecule has 0 aliphatic rings. The highest BCUT2D eigenvalue weighted by Gasteiger charge is 2.60. The summed E-state index contributed by atoms with van der Waals surface area (Å²) >= 11 is 0. The van der Waals surface area contributed by atoms with E-state index in [1.54, 1.807) is 19.9 Å². The Morgan fingerprint density at radius 1 is 0.425 bits per heavy atom. The van der Waals surface area contributed by atoms with E-state index < -0.39 is 165 Å². The minimum Gasteiger partial charge on any atom is -0.490 e. The number of ether oxygens (including phenoxy) is 3. The van der Waals surface area contributed by atoms with Crippen LogP contribution in [0.25, 0.3) is 0 Å². The molecule has 0 aliphatic heterocycles. The van der Waals surface area contributed by atoms with Gasteiger partial charge in [0.25, 0.3) is 0 Å². The first-order chi connectivity index (χ1) is 36.2. The van der Waals surface area contributed by atoms with Gasteiger partial charge in [0.05, 0.1) is 65.8 Å². The van der Waals surface area contributed by atoms with Gasteiger partial charge in [-0.05, 0) is 67.8 Å². The SMILES string of the molecule is CCCOC(C)[N+](C)(C(C)OCCC)C(C)(OCCC)c1c(OB(Oc2cc(C(F)(F)F)cc(C(F)(F)F)c2)Oc2cc(C(F)(F)F)cc(C(F)(F)F)c2)cc(C(F)(F)F)cc1C(F)(F)F.FC(F)(F)c1c[c-]cc(C(F)(F)F)c1. The van der Waals surface area contributed by atoms with Crippen LogP contribution in [0, 0.1) is 6.07 Å². The van der Waals surface area contributed by atoms with Gasteiger partial charge in [-0.25, -0.2) is 4.48 Å². The second-order valence-electron chi connectivity index (χ2n) is 17.4. The molecule has 0 heterocycles. The largest absolute Gasteiger partial charge is 0.864 e. The lowest BCUT2D eigenvalue weighted by molar-refractivity contribution is -1.06. The molecule has 0 N–H and O–H groups in total. The third-order valence-corrected chi connectivity index (χ3v) is 11.6. The average molecular weight is 1200 g/mol. The van der Waals surface area contributed by atoms with Crippen LogP contribution in [0.3, 0.4) is 0 Å². The normalized spacial score (nSPS) is 15.5. The van der Waals surface area contributed by atoms with Gasteiger partial charge in [0.1, 0.15) is 17.2 Å². The van der Waals surface area contributed by atoms with E-state index in [0.29, 0.717) is 25.0 Å². The first-order valence-corrected chi connectivity index (χ1v) is 23.0. The summed E-state index contributed by atoms with van der Waals surface area (Å²) < 4.78 is 362. The van der Waals surface area contributed by atoms with E-state index in [4.69, 9.17) is 28.2 Å². The van der Waals surface area contributed by atoms with Gasteiger partial charge in [0.2, 0.25) is 5.72 Å². The molecule has 4 aromatic carbocycles. The van der Waals surface area contributed by atoms with Gasteiger partial charge in [-0.3, -0.25) is 0 Å². The predicted molar refractivity (Wildman–Crippen MR) is 233 cm³/mol. The number of hydrogen-bond acceptors (Lipinski definition) is 6. The second kappa shape index (κ2) is 25.3. The summed E-state index contributed by atoms with van der Waals surface area (Å²) in [6.07, 6.45) is -45.8. The van der Waals surface area contributed by atoms with Crippen molar-refractivity contribution >= 4 is 7.32 Å². The Bertz CT molecular complexity index is 2470. The maximum atomic E-state index is 15.5. The van der Waals surface area contributed by atoms with Gasteiger partial charge in [-0.2, -0.15) is 124 Å². The molecule has 0 spiro atoms. The molecule has 0 bridgehead atoms. The predicted octanol–water partition coefficient (Wildman–Crippen LogP) is 17.4. The molecule has 0 saturated heterocycles. The summed E-state index contributed by atoms with van der Waals surface area (Å²) in [5, 5.41) is 0. The summed E-state index contributed by atoms with van der Waals surface area (Å²) in [5.41, 5.74) is -19.8. The molecule has 3 atom stereocenters. The lowest BCUT2D eigenvalue weighted by Gasteiger charge is -2.54. The van der Waals surface area contributed by atoms with E-state index in [1.807, 2.05) is 0 Å². The van der Waals surface area contributed by atoms with Crippen LogP contribution in [-0.4, -0.2) is 51.1 Å². The number of rotatable bonds is 19. The monoisotopic (exact) mass is 1200 g/mol. The zero-order valence-electron chi connectivity index (χ0n) is 42.3. The summed E-state index contributed by atoms with van der Waals surface area (Å²) in [4.78, 5) is 0. The van der Waals surface area contributed by atoms with Crippen molar-refractivity contribution in [2.24, 2.45) is 0 Å². The summed E-state index contributed by atoms with van der Waals surface area (Å²) in [5.74, 6) is -4.99. The number of quaternary nitrogens is 1. The third-order valence-electron chi connectivity index (χ3n) is 11.6. The highest BCUT2D eigenvalue weighted by atomic mass is 19.4. The first kappa shape index (κ1) is 68.8. The van der Waals surface area contributed by atoms with Crippen LogP contribution in [0.2, 0.25) is 0 Å². The molecule has 0 amide bonds. The smallest absolute Gasteiger partial charge is 0.490 e. The van der Waals surface area contributed by atoms with E-state index >= 15 is 13.2 Å². The Morgan fingerprint density at radius 2 is 0.738 bits per heavy atom. The molecule has 0 aromatic heterocycles. The van der Waals surface area contributed by atoms with Gasteiger partial charge < -0.3 is 28.2 Å². The van der Waals surface area contributed by atoms with Gasteiger partial charge >= 0.3 is 56.7 Å². The zero-order chi connectivity index (χ0) is 61.6. The highest BCUT2D eigenvalue weighted by Crippen LogP contribution is 2.52. The highest BCUT2D eigenvalue weighted by molar-refractivity contribution is 6.39. The standard InChI is InChI=1S/C40H43BF18NO6.C8H3F6/c1-8-11-61-22(4)60(7,23(5)62-12-9-2)34(6,63-13-10-3)33-31(40(57,58)59)20-28(39(54,55)56)21-32(33)66-41(64-29-16-24(35(42,43)44)14-25(17-29)36(45,46)47)65-30-18-26(37(48,49)50)15-27(19-30)38(51,52)53;9-7(10,11)5-2-1-3-6(4-5)8(12,13)14/h14-23H,8-13H2,1-7H3;2-4H/q+1;-1. The molecule has 3 unspecified atom stereocenters. The number of hydrogen-bond donors (Lipinski definition) is 0. The summed E-state index contributed by atoms with van der Waals surface area (Å²) in [6, 6.07) is 0.608. The Morgan fingerprint density at radius 3 is 1.04 bits per heavy atom. The quantitative estimate of drug-likeness (QED) is 0.0307. The van der Waals surface area contributed by atoms with Crippen LogP contribution in [0.5, 0.6) is 17.2 Å². The fourth-order valence-electron chi connectivity index (χ4n) is 7.39. The van der Waals surface area contributed by atoms with Gasteiger partial charge in [-0.1, -0.05) is 31.9 Å². The van der Waals surface area contributed by atoms with Crippen molar-refractivity contribution < 1.29 is 138 Å². The number of halogens is 24. The minimum absolute atomic E-state index is 0.00875. The maximum Gasteiger partial charge on any atom is 0.864 e. The van der Waals surface area contributed by atoms with Crippen molar-refractivity contribution in [1.82, 2.24) is 0 Å². The molecule has 4 aromatic rings. The Hall–Kier alpha value is -5.50. The fourth-order valence-corrected chi connectivity index (χ4v) is 7.39. The Kier molecular flexibility index (Phi) is 21.8. The van der Waals surface area contributed by atoms with E-state index in [1.165, 1.54) is 27.8 Å². The van der Waals surface area contributed by atoms with Crippen molar-refractivity contribution in [3.05, 3.63) is 123 Å². The lowest BCUT2D eigenvalue weighted by atomic mass is 9.90. The molecule has 0 aliphatic carbocycles. The van der Waals surface area contributed by atoms with Crippen molar-refractivity contribution in [3.8, 4) is 17.2 Å². The van der Waals surface area contributed by atoms with Crippen LogP contribution in [-0.2, 0) is 69.3 Å². The molecule has 0 fully saturated rings. The van der Waals surface area contributed by atoms with E-state index in [-0.39, 0.29) is 62.1 Å². The molecular weight excluding hydrogens is 1150 g/mol. The van der Waals surface area contributed by atoms with Crippen LogP contribution in [0.1, 0.15) is 111 Å². The molecule has 0 saturated carbocycles. The van der Waals surface area contributed by atoms with Crippen molar-refractivity contribution in [2.75, 3.05) is 26.9 Å². The van der Waals surface area contributed by atoms with E-state index in [0.717, 1.165) is 6.92 Å². The van der Waals surface area contributed by atoms with Crippen LogP contribution in [0.4, 0.5) is 105 Å². The summed E-state index contributed by atoms with van der Waals surface area (Å²) in [7, 11) is -2.20. The molecular formula is C48H46BF24NO6. The number of alkyl halides is 24. The van der Waals surface area contributed by atoms with Crippen LogP contribution >= 0.6 is 0 Å². The molecule has 0 radical (unpaired) electrons. The van der Waals surface area contributed by atoms with Crippen LogP contribution < -0.4 is 14.0 Å². The third kappa shape index (κ3) is 17.8. The average Bonchev–Trinajstić information content (AvgIpc) is 3.31. The number of benzene rings is 4. The maximum absolute atomic E-state index is 15.5. The minimum atomic E-state index is -5.85. The second-order valence-corrected chi connectivity index (χ2v) is 17.4. The van der Waals surface area contributed by atoms with Crippen LogP contribution in [0.15, 0.2) is 66.7 Å². The van der Waals surface area contributed by atoms with Crippen molar-refractivity contribution in [2.45, 2.75) is 128 Å². The van der Waals surface area contributed by atoms with Crippen molar-refractivity contribution in [3.63, 3.8) is 0 Å². The lowest BCUT2D eigenvalue weighted by Crippen LogP contribution is -2.69. The topological polar surface area (TPSA) is 55.4 Å². The van der Waals surface area contributed by atoms with Gasteiger partial charge in [-0.15, -0.1) is 6.07 Å². The van der Waals surface area contributed by atoms with E-state index in [2.05, 4.69) is 0 Å². The van der Waals surface area contributed by atoms with Gasteiger partial charge in [0.15, 0.2) is 12.5 Å². The van der Waals surface area contributed by atoms with Gasteiger partial charge in [0, 0.05) is 20.8 Å². The molecule has 80 heavy (non-hydrogen) atoms. The Labute approximate surface area is 440 Å². The molecule has 450 valence electrons. The molecule has 4 rings (SSSR count). The fraction of sp³-hybridized carbons (Fsp3) is 0.500. The van der Waals surface area contributed by atoms with E-state index in [9.17, 15) is 92.2 Å². The molecule has 32 heteroatoms. The Balaban J connectivity index is 0.00000104. The summed E-state index contributed by atoms with van der Waals surface area (Å²) in [6.45, 7) is 7.70. The molecule has 7 nitrogen and oxygen atoms in total.